The molecule has 1 saturated heterocycles. The minimum Gasteiger partial charge on any atom is -0.444 e. The van der Waals surface area contributed by atoms with Crippen molar-refractivity contribution in [1.29, 1.82) is 0 Å². The van der Waals surface area contributed by atoms with Crippen molar-refractivity contribution in [3.8, 4) is 0 Å². The average Bonchev–Trinajstić information content (AvgIpc) is 2.44. The Bertz CT molecular complexity index is 566. The second kappa shape index (κ2) is 6.77. The number of hydrogen-bond donors (Lipinski definition) is 0. The molecule has 1 aromatic rings. The summed E-state index contributed by atoms with van der Waals surface area (Å²) in [5.74, 6) is 1.03. The lowest BCUT2D eigenvalue weighted by atomic mass is 10.1. The first-order valence-corrected chi connectivity index (χ1v) is 8.39. The number of aromatic nitrogens is 1. The van der Waals surface area contributed by atoms with Crippen molar-refractivity contribution >= 4 is 11.9 Å². The molecule has 1 atom stereocenters. The summed E-state index contributed by atoms with van der Waals surface area (Å²) in [7, 11) is 0. The Hall–Kier alpha value is -1.78. The van der Waals surface area contributed by atoms with Gasteiger partial charge in [0.15, 0.2) is 0 Å². The Balaban J connectivity index is 2.11. The number of carbonyl (C=O) groups excluding carboxylic acids is 1. The molecule has 1 aliphatic heterocycles. The summed E-state index contributed by atoms with van der Waals surface area (Å²) >= 11 is 0. The van der Waals surface area contributed by atoms with E-state index in [4.69, 9.17) is 4.74 Å². The second-order valence-electron chi connectivity index (χ2n) is 7.33. The zero-order chi connectivity index (χ0) is 17.2. The third-order valence-corrected chi connectivity index (χ3v) is 4.07. The van der Waals surface area contributed by atoms with Gasteiger partial charge in [-0.1, -0.05) is 13.0 Å². The number of rotatable bonds is 2. The lowest BCUT2D eigenvalue weighted by Gasteiger charge is -2.42. The van der Waals surface area contributed by atoms with Gasteiger partial charge in [0, 0.05) is 25.8 Å². The van der Waals surface area contributed by atoms with Crippen LogP contribution in [0.25, 0.3) is 0 Å². The second-order valence-corrected chi connectivity index (χ2v) is 7.33. The topological polar surface area (TPSA) is 45.7 Å². The normalized spacial score (nSPS) is 19.0. The van der Waals surface area contributed by atoms with Crippen LogP contribution >= 0.6 is 0 Å². The van der Waals surface area contributed by atoms with Crippen LogP contribution in [0.4, 0.5) is 10.6 Å². The zero-order valence-corrected chi connectivity index (χ0v) is 15.2. The molecule has 0 saturated carbocycles. The molecular formula is C18H29N3O2. The molecule has 5 heteroatoms. The molecule has 1 aliphatic rings. The van der Waals surface area contributed by atoms with Gasteiger partial charge in [0.05, 0.1) is 6.04 Å². The predicted molar refractivity (Wildman–Crippen MR) is 92.9 cm³/mol. The number of carbonyl (C=O) groups is 1. The summed E-state index contributed by atoms with van der Waals surface area (Å²) in [6.45, 7) is 14.2. The molecule has 0 aliphatic carbocycles. The molecule has 0 spiro atoms. The molecule has 5 nitrogen and oxygen atoms in total. The van der Waals surface area contributed by atoms with E-state index in [9.17, 15) is 4.79 Å². The minimum atomic E-state index is -0.457. The Morgan fingerprint density at radius 2 is 2.04 bits per heavy atom. The Morgan fingerprint density at radius 1 is 1.35 bits per heavy atom. The highest BCUT2D eigenvalue weighted by Crippen LogP contribution is 2.24. The van der Waals surface area contributed by atoms with Crippen LogP contribution in [0.1, 0.15) is 45.2 Å². The average molecular weight is 319 g/mol. The fraction of sp³-hybridized carbons (Fsp3) is 0.667. The fourth-order valence-corrected chi connectivity index (χ4v) is 3.00. The SMILES string of the molecule is CC[C@@H]1CN(c2ncc(C)cc2C)CCN1C(=O)OC(C)(C)C. The van der Waals surface area contributed by atoms with Crippen molar-refractivity contribution in [2.24, 2.45) is 0 Å². The number of piperazine rings is 1. The number of aryl methyl sites for hydroxylation is 2. The number of hydrogen-bond acceptors (Lipinski definition) is 4. The van der Waals surface area contributed by atoms with Crippen LogP contribution in [-0.2, 0) is 4.74 Å². The summed E-state index contributed by atoms with van der Waals surface area (Å²) in [6.07, 6.45) is 2.60. The highest BCUT2D eigenvalue weighted by atomic mass is 16.6. The number of anilines is 1. The molecule has 0 unspecified atom stereocenters. The van der Waals surface area contributed by atoms with Crippen LogP contribution in [0.5, 0.6) is 0 Å². The Morgan fingerprint density at radius 3 is 2.61 bits per heavy atom. The van der Waals surface area contributed by atoms with E-state index in [-0.39, 0.29) is 12.1 Å². The van der Waals surface area contributed by atoms with E-state index >= 15 is 0 Å². The third-order valence-electron chi connectivity index (χ3n) is 4.07. The lowest BCUT2D eigenvalue weighted by molar-refractivity contribution is 0.0136. The van der Waals surface area contributed by atoms with Gasteiger partial charge in [-0.05, 0) is 52.2 Å². The van der Waals surface area contributed by atoms with Crippen molar-refractivity contribution in [1.82, 2.24) is 9.88 Å². The summed E-state index contributed by atoms with van der Waals surface area (Å²) in [6, 6.07) is 2.31. The summed E-state index contributed by atoms with van der Waals surface area (Å²) < 4.78 is 5.54. The summed E-state index contributed by atoms with van der Waals surface area (Å²) in [5, 5.41) is 0. The molecule has 1 aromatic heterocycles. The maximum absolute atomic E-state index is 12.4. The van der Waals surface area contributed by atoms with Gasteiger partial charge in [-0.3, -0.25) is 0 Å². The smallest absolute Gasteiger partial charge is 0.410 e. The van der Waals surface area contributed by atoms with E-state index in [2.05, 4.69) is 36.7 Å². The molecular weight excluding hydrogens is 290 g/mol. The van der Waals surface area contributed by atoms with Crippen LogP contribution < -0.4 is 4.90 Å². The van der Waals surface area contributed by atoms with E-state index < -0.39 is 5.60 Å². The predicted octanol–water partition coefficient (Wildman–Crippen LogP) is 3.53. The lowest BCUT2D eigenvalue weighted by Crippen LogP contribution is -2.56. The van der Waals surface area contributed by atoms with Gasteiger partial charge < -0.3 is 14.5 Å². The summed E-state index contributed by atoms with van der Waals surface area (Å²) in [5.41, 5.74) is 1.90. The van der Waals surface area contributed by atoms with Gasteiger partial charge in [0.25, 0.3) is 0 Å². The first-order chi connectivity index (χ1) is 10.7. The quantitative estimate of drug-likeness (QED) is 0.836. The molecule has 0 radical (unpaired) electrons. The molecule has 1 amide bonds. The maximum atomic E-state index is 12.4. The van der Waals surface area contributed by atoms with Gasteiger partial charge >= 0.3 is 6.09 Å². The molecule has 2 heterocycles. The van der Waals surface area contributed by atoms with Crippen molar-refractivity contribution in [2.45, 2.75) is 59.6 Å². The van der Waals surface area contributed by atoms with Crippen LogP contribution in [0.3, 0.4) is 0 Å². The molecule has 0 aromatic carbocycles. The summed E-state index contributed by atoms with van der Waals surface area (Å²) in [4.78, 5) is 21.1. The molecule has 128 valence electrons. The van der Waals surface area contributed by atoms with Crippen LogP contribution in [0.2, 0.25) is 0 Å². The number of pyridine rings is 1. The van der Waals surface area contributed by atoms with Crippen molar-refractivity contribution < 1.29 is 9.53 Å². The van der Waals surface area contributed by atoms with Crippen LogP contribution in [0, 0.1) is 13.8 Å². The number of nitrogens with zero attached hydrogens (tertiary/aromatic N) is 3. The highest BCUT2D eigenvalue weighted by Gasteiger charge is 2.33. The number of ether oxygens (including phenoxy) is 1. The van der Waals surface area contributed by atoms with E-state index in [0.717, 1.165) is 25.3 Å². The van der Waals surface area contributed by atoms with Crippen molar-refractivity contribution in [2.75, 3.05) is 24.5 Å². The molecule has 2 rings (SSSR count). The molecule has 0 bridgehead atoms. The van der Waals surface area contributed by atoms with Gasteiger partial charge in [-0.25, -0.2) is 9.78 Å². The fourth-order valence-electron chi connectivity index (χ4n) is 3.00. The van der Waals surface area contributed by atoms with E-state index in [1.165, 1.54) is 11.1 Å². The van der Waals surface area contributed by atoms with Crippen LogP contribution in [-0.4, -0.2) is 47.3 Å². The van der Waals surface area contributed by atoms with Crippen molar-refractivity contribution in [3.63, 3.8) is 0 Å². The van der Waals surface area contributed by atoms with E-state index in [1.807, 2.05) is 31.9 Å². The number of amides is 1. The van der Waals surface area contributed by atoms with E-state index in [1.54, 1.807) is 0 Å². The Kier molecular flexibility index (Phi) is 5.17. The first kappa shape index (κ1) is 17.6. The van der Waals surface area contributed by atoms with Crippen LogP contribution in [0.15, 0.2) is 12.3 Å². The standard InChI is InChI=1S/C18H29N3O2/c1-7-15-12-20(16-14(3)10-13(2)11-19-16)8-9-21(15)17(22)23-18(4,5)6/h10-11,15H,7-9,12H2,1-6H3/t15-/m1/s1. The largest absolute Gasteiger partial charge is 0.444 e. The van der Waals surface area contributed by atoms with Gasteiger partial charge in [0.1, 0.15) is 11.4 Å². The first-order valence-electron chi connectivity index (χ1n) is 8.39. The Labute approximate surface area is 139 Å². The molecule has 0 N–H and O–H groups in total. The minimum absolute atomic E-state index is 0.154. The molecule has 1 fully saturated rings. The van der Waals surface area contributed by atoms with E-state index in [0.29, 0.717) is 6.54 Å². The zero-order valence-electron chi connectivity index (χ0n) is 15.2. The van der Waals surface area contributed by atoms with Gasteiger partial charge in [-0.2, -0.15) is 0 Å². The monoisotopic (exact) mass is 319 g/mol. The van der Waals surface area contributed by atoms with Crippen molar-refractivity contribution in [3.05, 3.63) is 23.4 Å². The maximum Gasteiger partial charge on any atom is 0.410 e. The molecule has 23 heavy (non-hydrogen) atoms. The third kappa shape index (κ3) is 4.36. The highest BCUT2D eigenvalue weighted by molar-refractivity contribution is 5.69. The van der Waals surface area contributed by atoms with Gasteiger partial charge in [0.2, 0.25) is 0 Å². The van der Waals surface area contributed by atoms with Gasteiger partial charge in [-0.15, -0.1) is 0 Å².